The van der Waals surface area contributed by atoms with E-state index in [-0.39, 0.29) is 37.4 Å². The first-order valence-electron chi connectivity index (χ1n) is 11.9. The molecule has 0 heterocycles. The van der Waals surface area contributed by atoms with Gasteiger partial charge in [-0.2, -0.15) is 0 Å². The SMILES string of the molecule is COc1cccc(CC(=O)N(Cc2ccc(CP(=O)(O)O)cc2)C(CC(=O)O)C2CCCCC2)c1. The van der Waals surface area contributed by atoms with Gasteiger partial charge in [0.15, 0.2) is 0 Å². The molecule has 190 valence electrons. The zero-order chi connectivity index (χ0) is 25.4. The molecule has 1 atom stereocenters. The summed E-state index contributed by atoms with van der Waals surface area (Å²) in [6.45, 7) is 0.230. The Morgan fingerprint density at radius 1 is 1.03 bits per heavy atom. The van der Waals surface area contributed by atoms with E-state index in [4.69, 9.17) is 4.74 Å². The quantitative estimate of drug-likeness (QED) is 0.389. The number of carboxylic acids is 1. The monoisotopic (exact) mass is 503 g/mol. The van der Waals surface area contributed by atoms with Gasteiger partial charge in [0.05, 0.1) is 26.1 Å². The second-order valence-electron chi connectivity index (χ2n) is 9.25. The Morgan fingerprint density at radius 2 is 1.69 bits per heavy atom. The van der Waals surface area contributed by atoms with Crippen LogP contribution in [-0.4, -0.2) is 44.8 Å². The standard InChI is InChI=1S/C26H34NO7P/c1-34-23-9-5-6-21(14-23)15-25(28)27(24(16-26(29)30)22-7-3-2-4-8-22)17-19-10-12-20(13-11-19)18-35(31,32)33/h5-6,9-14,22,24H,2-4,7-8,15-18H2,1H3,(H,29,30)(H2,31,32,33). The molecule has 1 unspecified atom stereocenters. The smallest absolute Gasteiger partial charge is 0.329 e. The van der Waals surface area contributed by atoms with Crippen LogP contribution >= 0.6 is 7.60 Å². The molecule has 1 saturated carbocycles. The lowest BCUT2D eigenvalue weighted by molar-refractivity contribution is -0.142. The van der Waals surface area contributed by atoms with Crippen LogP contribution in [-0.2, 0) is 33.3 Å². The predicted molar refractivity (Wildman–Crippen MR) is 132 cm³/mol. The molecule has 3 N–H and O–H groups in total. The zero-order valence-corrected chi connectivity index (χ0v) is 20.9. The van der Waals surface area contributed by atoms with Crippen LogP contribution in [0.4, 0.5) is 0 Å². The molecule has 0 saturated heterocycles. The number of rotatable bonds is 11. The maximum atomic E-state index is 13.6. The Morgan fingerprint density at radius 3 is 2.29 bits per heavy atom. The van der Waals surface area contributed by atoms with Gasteiger partial charge in [-0.05, 0) is 47.6 Å². The Kier molecular flexibility index (Phi) is 9.49. The minimum Gasteiger partial charge on any atom is -0.497 e. The van der Waals surface area contributed by atoms with Crippen molar-refractivity contribution >= 4 is 19.5 Å². The maximum Gasteiger partial charge on any atom is 0.329 e. The van der Waals surface area contributed by atoms with Gasteiger partial charge in [-0.1, -0.05) is 55.7 Å². The van der Waals surface area contributed by atoms with E-state index in [0.717, 1.165) is 43.2 Å². The molecule has 0 aromatic heterocycles. The maximum absolute atomic E-state index is 13.6. The first-order chi connectivity index (χ1) is 16.6. The van der Waals surface area contributed by atoms with Gasteiger partial charge in [0.1, 0.15) is 5.75 Å². The molecule has 2 aromatic rings. The number of methoxy groups -OCH3 is 1. The fourth-order valence-corrected chi connectivity index (χ4v) is 5.55. The summed E-state index contributed by atoms with van der Waals surface area (Å²) in [7, 11) is -2.62. The second-order valence-corrected chi connectivity index (χ2v) is 10.9. The Balaban J connectivity index is 1.88. The van der Waals surface area contributed by atoms with Gasteiger partial charge in [0.25, 0.3) is 0 Å². The first-order valence-corrected chi connectivity index (χ1v) is 13.7. The minimum atomic E-state index is -4.18. The van der Waals surface area contributed by atoms with Gasteiger partial charge in [-0.15, -0.1) is 0 Å². The zero-order valence-electron chi connectivity index (χ0n) is 20.0. The van der Waals surface area contributed by atoms with E-state index in [9.17, 15) is 29.0 Å². The largest absolute Gasteiger partial charge is 0.497 e. The van der Waals surface area contributed by atoms with Crippen LogP contribution in [0.5, 0.6) is 5.75 Å². The van der Waals surface area contributed by atoms with E-state index in [1.165, 1.54) is 0 Å². The van der Waals surface area contributed by atoms with Crippen molar-refractivity contribution in [2.75, 3.05) is 7.11 Å². The summed E-state index contributed by atoms with van der Waals surface area (Å²) < 4.78 is 16.6. The normalized spacial score (nSPS) is 15.4. The van der Waals surface area contributed by atoms with Crippen molar-refractivity contribution in [2.45, 2.75) is 63.7 Å². The molecule has 0 bridgehead atoms. The molecule has 0 radical (unpaired) electrons. The van der Waals surface area contributed by atoms with E-state index in [2.05, 4.69) is 0 Å². The minimum absolute atomic E-state index is 0.114. The van der Waals surface area contributed by atoms with Gasteiger partial charge >= 0.3 is 13.6 Å². The molecular formula is C26H34NO7P. The number of ether oxygens (including phenoxy) is 1. The van der Waals surface area contributed by atoms with Crippen LogP contribution in [0.2, 0.25) is 0 Å². The summed E-state index contributed by atoms with van der Waals surface area (Å²) in [5.74, 6) is -0.328. The number of aliphatic carboxylic acids is 1. The van der Waals surface area contributed by atoms with Crippen molar-refractivity contribution in [1.29, 1.82) is 0 Å². The molecule has 2 aromatic carbocycles. The third kappa shape index (κ3) is 8.49. The molecular weight excluding hydrogens is 469 g/mol. The molecule has 1 amide bonds. The lowest BCUT2D eigenvalue weighted by Gasteiger charge is -2.38. The molecule has 1 aliphatic rings. The van der Waals surface area contributed by atoms with Crippen LogP contribution in [0.15, 0.2) is 48.5 Å². The molecule has 35 heavy (non-hydrogen) atoms. The van der Waals surface area contributed by atoms with Crippen LogP contribution in [0.1, 0.15) is 55.2 Å². The third-order valence-electron chi connectivity index (χ3n) is 6.55. The molecule has 1 fully saturated rings. The summed E-state index contributed by atoms with van der Waals surface area (Å²) >= 11 is 0. The van der Waals surface area contributed by atoms with E-state index < -0.39 is 19.6 Å². The fraction of sp³-hybridized carbons (Fsp3) is 0.462. The Hall–Kier alpha value is -2.67. The van der Waals surface area contributed by atoms with E-state index >= 15 is 0 Å². The van der Waals surface area contributed by atoms with Crippen LogP contribution < -0.4 is 4.74 Å². The van der Waals surface area contributed by atoms with Crippen molar-refractivity contribution in [3.8, 4) is 5.75 Å². The van der Waals surface area contributed by atoms with Crippen molar-refractivity contribution in [1.82, 2.24) is 4.90 Å². The van der Waals surface area contributed by atoms with Gasteiger partial charge in [-0.25, -0.2) is 0 Å². The number of hydrogen-bond donors (Lipinski definition) is 3. The summed E-state index contributed by atoms with van der Waals surface area (Å²) in [5, 5.41) is 9.69. The van der Waals surface area contributed by atoms with Gasteiger partial charge in [0.2, 0.25) is 5.91 Å². The molecule has 0 aliphatic heterocycles. The van der Waals surface area contributed by atoms with Crippen molar-refractivity contribution in [2.24, 2.45) is 5.92 Å². The summed E-state index contributed by atoms with van der Waals surface area (Å²) in [6, 6.07) is 13.6. The lowest BCUT2D eigenvalue weighted by Crippen LogP contribution is -2.46. The van der Waals surface area contributed by atoms with E-state index in [0.29, 0.717) is 11.3 Å². The van der Waals surface area contributed by atoms with E-state index in [1.807, 2.05) is 12.1 Å². The summed E-state index contributed by atoms with van der Waals surface area (Å²) in [4.78, 5) is 45.6. The van der Waals surface area contributed by atoms with Crippen molar-refractivity contribution < 1.29 is 33.8 Å². The van der Waals surface area contributed by atoms with Gasteiger partial charge in [-0.3, -0.25) is 14.2 Å². The number of carboxylic acid groups (broad SMARTS) is 1. The number of hydrogen-bond acceptors (Lipinski definition) is 4. The predicted octanol–water partition coefficient (Wildman–Crippen LogP) is 4.37. The second kappa shape index (κ2) is 12.3. The highest BCUT2D eigenvalue weighted by Crippen LogP contribution is 2.39. The van der Waals surface area contributed by atoms with Gasteiger partial charge < -0.3 is 24.5 Å². The number of carbonyl (C=O) groups is 2. The van der Waals surface area contributed by atoms with Gasteiger partial charge in [0, 0.05) is 12.6 Å². The summed E-state index contributed by atoms with van der Waals surface area (Å²) in [5.41, 5.74) is 2.07. The Bertz CT molecular complexity index is 1040. The number of nitrogens with zero attached hydrogens (tertiary/aromatic N) is 1. The highest BCUT2D eigenvalue weighted by molar-refractivity contribution is 7.50. The van der Waals surface area contributed by atoms with Crippen LogP contribution in [0, 0.1) is 5.92 Å². The Labute approximate surface area is 206 Å². The third-order valence-corrected chi connectivity index (χ3v) is 7.33. The van der Waals surface area contributed by atoms with Crippen LogP contribution in [0.3, 0.4) is 0 Å². The molecule has 9 heteroatoms. The number of benzene rings is 2. The fourth-order valence-electron chi connectivity index (χ4n) is 4.86. The number of amides is 1. The number of carbonyl (C=O) groups excluding carboxylic acids is 1. The van der Waals surface area contributed by atoms with E-state index in [1.54, 1.807) is 48.4 Å². The topological polar surface area (TPSA) is 124 Å². The first kappa shape index (κ1) is 26.9. The molecule has 0 spiro atoms. The van der Waals surface area contributed by atoms with Crippen molar-refractivity contribution in [3.05, 3.63) is 65.2 Å². The highest BCUT2D eigenvalue weighted by Gasteiger charge is 2.33. The highest BCUT2D eigenvalue weighted by atomic mass is 31.2. The van der Waals surface area contributed by atoms with Crippen LogP contribution in [0.25, 0.3) is 0 Å². The molecule has 3 rings (SSSR count). The summed E-state index contributed by atoms with van der Waals surface area (Å²) in [6.07, 6.45) is 4.60. The molecule has 8 nitrogen and oxygen atoms in total. The lowest BCUT2D eigenvalue weighted by atomic mass is 9.81. The average molecular weight is 504 g/mol. The van der Waals surface area contributed by atoms with Crippen molar-refractivity contribution in [3.63, 3.8) is 0 Å². The molecule has 1 aliphatic carbocycles. The average Bonchev–Trinajstić information content (AvgIpc) is 2.82.